The van der Waals surface area contributed by atoms with E-state index in [1.165, 1.54) is 23.8 Å². The van der Waals surface area contributed by atoms with Crippen LogP contribution in [-0.4, -0.2) is 40.4 Å². The summed E-state index contributed by atoms with van der Waals surface area (Å²) in [5.41, 5.74) is -1.74. The van der Waals surface area contributed by atoms with Gasteiger partial charge in [-0.15, -0.1) is 0 Å². The molecule has 0 saturated carbocycles. The Hall–Kier alpha value is -3.89. The van der Waals surface area contributed by atoms with E-state index in [-0.39, 0.29) is 32.0 Å². The van der Waals surface area contributed by atoms with Crippen LogP contribution in [0.3, 0.4) is 0 Å². The minimum atomic E-state index is -0.932. The van der Waals surface area contributed by atoms with Gasteiger partial charge in [-0.05, 0) is 44.1 Å². The molecule has 0 aliphatic rings. The molecule has 0 aliphatic carbocycles. The van der Waals surface area contributed by atoms with E-state index in [0.717, 1.165) is 4.57 Å². The molecule has 1 heterocycles. The molecule has 184 valence electrons. The van der Waals surface area contributed by atoms with Crippen molar-refractivity contribution in [2.75, 3.05) is 20.3 Å². The van der Waals surface area contributed by atoms with Crippen LogP contribution in [0.4, 0.5) is 5.69 Å². The highest BCUT2D eigenvalue weighted by molar-refractivity contribution is 5.75. The number of aromatic nitrogens is 2. The highest BCUT2D eigenvalue weighted by Gasteiger charge is 2.26. The standard InChI is InChI=1S/C23H29N3O8/c1-5-12-24-18(21(26(30)31)22(28)25(13-6-2)23(24)29)11-9-16-8-10-17(14-19(16)32-4)34-15-20(27)33-7-3/h8-11,14H,5-7,12-13,15H2,1-4H3/b11-9+. The van der Waals surface area contributed by atoms with Crippen LogP contribution < -0.4 is 20.7 Å². The molecule has 0 atom stereocenters. The van der Waals surface area contributed by atoms with Crippen LogP contribution >= 0.6 is 0 Å². The van der Waals surface area contributed by atoms with Gasteiger partial charge in [0, 0.05) is 24.7 Å². The molecule has 11 nitrogen and oxygen atoms in total. The summed E-state index contributed by atoms with van der Waals surface area (Å²) < 4.78 is 17.7. The summed E-state index contributed by atoms with van der Waals surface area (Å²) in [5, 5.41) is 11.8. The molecule has 0 radical (unpaired) electrons. The zero-order valence-corrected chi connectivity index (χ0v) is 19.7. The quantitative estimate of drug-likeness (QED) is 0.260. The van der Waals surface area contributed by atoms with Gasteiger partial charge in [0.25, 0.3) is 0 Å². The molecule has 0 N–H and O–H groups in total. The van der Waals surface area contributed by atoms with Gasteiger partial charge in [0.05, 0.1) is 18.6 Å². The van der Waals surface area contributed by atoms with Crippen molar-refractivity contribution in [1.29, 1.82) is 0 Å². The molecular weight excluding hydrogens is 446 g/mol. The Kier molecular flexibility index (Phi) is 9.60. The van der Waals surface area contributed by atoms with Gasteiger partial charge in [0.15, 0.2) is 6.61 Å². The Morgan fingerprint density at radius 3 is 2.35 bits per heavy atom. The molecule has 2 aromatic rings. The second-order valence-corrected chi connectivity index (χ2v) is 7.21. The van der Waals surface area contributed by atoms with Crippen molar-refractivity contribution in [3.05, 3.63) is 60.4 Å². The number of hydrogen-bond acceptors (Lipinski definition) is 8. The van der Waals surface area contributed by atoms with E-state index in [9.17, 15) is 24.5 Å². The van der Waals surface area contributed by atoms with E-state index >= 15 is 0 Å². The number of hydrogen-bond donors (Lipinski definition) is 0. The largest absolute Gasteiger partial charge is 0.496 e. The lowest BCUT2D eigenvalue weighted by atomic mass is 10.1. The first kappa shape index (κ1) is 26.4. The van der Waals surface area contributed by atoms with E-state index in [1.807, 2.05) is 6.92 Å². The zero-order chi connectivity index (χ0) is 25.3. The third-order valence-electron chi connectivity index (χ3n) is 4.81. The second kappa shape index (κ2) is 12.4. The highest BCUT2D eigenvalue weighted by Crippen LogP contribution is 2.27. The number of nitrogens with zero attached hydrogens (tertiary/aromatic N) is 3. The number of methoxy groups -OCH3 is 1. The molecule has 2 rings (SSSR count). The predicted octanol–water partition coefficient (Wildman–Crippen LogP) is 2.86. The Morgan fingerprint density at radius 1 is 1.09 bits per heavy atom. The van der Waals surface area contributed by atoms with Crippen molar-refractivity contribution in [2.45, 2.75) is 46.7 Å². The fraction of sp³-hybridized carbons (Fsp3) is 0.435. The SMILES string of the molecule is CCCn1c(/C=C/c2ccc(OCC(=O)OCC)cc2OC)c([N+](=O)[O-])c(=O)n(CCC)c1=O. The average Bonchev–Trinajstić information content (AvgIpc) is 2.81. The molecule has 0 spiro atoms. The second-order valence-electron chi connectivity index (χ2n) is 7.21. The zero-order valence-electron chi connectivity index (χ0n) is 19.7. The van der Waals surface area contributed by atoms with Crippen LogP contribution in [0.25, 0.3) is 12.2 Å². The lowest BCUT2D eigenvalue weighted by Crippen LogP contribution is -2.42. The van der Waals surface area contributed by atoms with Crippen LogP contribution in [0.2, 0.25) is 0 Å². The summed E-state index contributed by atoms with van der Waals surface area (Å²) in [4.78, 5) is 48.2. The Labute approximate surface area is 196 Å². The van der Waals surface area contributed by atoms with E-state index in [1.54, 1.807) is 32.0 Å². The molecule has 0 aliphatic heterocycles. The maximum absolute atomic E-state index is 12.9. The summed E-state index contributed by atoms with van der Waals surface area (Å²) in [6.07, 6.45) is 3.91. The maximum atomic E-state index is 12.9. The number of benzene rings is 1. The Morgan fingerprint density at radius 2 is 1.76 bits per heavy atom. The molecular formula is C23H29N3O8. The number of esters is 1. The molecule has 1 aromatic heterocycles. The van der Waals surface area contributed by atoms with E-state index in [0.29, 0.717) is 29.9 Å². The van der Waals surface area contributed by atoms with Gasteiger partial charge < -0.3 is 14.2 Å². The summed E-state index contributed by atoms with van der Waals surface area (Å²) >= 11 is 0. The third-order valence-corrected chi connectivity index (χ3v) is 4.81. The van der Waals surface area contributed by atoms with Crippen LogP contribution in [0.1, 0.15) is 44.9 Å². The molecule has 0 fully saturated rings. The molecule has 11 heteroatoms. The number of carbonyl (C=O) groups excluding carboxylic acids is 1. The van der Waals surface area contributed by atoms with Crippen molar-refractivity contribution in [2.24, 2.45) is 0 Å². The monoisotopic (exact) mass is 475 g/mol. The minimum Gasteiger partial charge on any atom is -0.496 e. The van der Waals surface area contributed by atoms with Crippen LogP contribution in [0.15, 0.2) is 27.8 Å². The topological polar surface area (TPSA) is 132 Å². The van der Waals surface area contributed by atoms with Gasteiger partial charge in [-0.1, -0.05) is 13.8 Å². The number of ether oxygens (including phenoxy) is 3. The first-order chi connectivity index (χ1) is 16.3. The lowest BCUT2D eigenvalue weighted by molar-refractivity contribution is -0.387. The molecule has 0 unspecified atom stereocenters. The van der Waals surface area contributed by atoms with Crippen molar-refractivity contribution >= 4 is 23.8 Å². The van der Waals surface area contributed by atoms with Crippen molar-refractivity contribution in [3.8, 4) is 11.5 Å². The summed E-state index contributed by atoms with van der Waals surface area (Å²) in [7, 11) is 1.43. The summed E-state index contributed by atoms with van der Waals surface area (Å²) in [5.74, 6) is 0.214. The average molecular weight is 475 g/mol. The third kappa shape index (κ3) is 6.12. The van der Waals surface area contributed by atoms with Crippen LogP contribution in [-0.2, 0) is 22.6 Å². The first-order valence-corrected chi connectivity index (χ1v) is 10.9. The number of rotatable bonds is 12. The van der Waals surface area contributed by atoms with Gasteiger partial charge in [0.2, 0.25) is 0 Å². The lowest BCUT2D eigenvalue weighted by Gasteiger charge is -2.13. The molecule has 1 aromatic carbocycles. The van der Waals surface area contributed by atoms with E-state index in [2.05, 4.69) is 0 Å². The molecule has 0 bridgehead atoms. The predicted molar refractivity (Wildman–Crippen MR) is 126 cm³/mol. The van der Waals surface area contributed by atoms with Gasteiger partial charge in [-0.3, -0.25) is 24.0 Å². The minimum absolute atomic E-state index is 0.0844. The molecule has 0 saturated heterocycles. The Balaban J connectivity index is 2.53. The summed E-state index contributed by atoms with van der Waals surface area (Å²) in [6, 6.07) is 4.77. The van der Waals surface area contributed by atoms with Gasteiger partial charge in [-0.25, -0.2) is 9.59 Å². The number of carbonyl (C=O) groups is 1. The normalized spacial score (nSPS) is 10.9. The van der Waals surface area contributed by atoms with Crippen molar-refractivity contribution in [3.63, 3.8) is 0 Å². The van der Waals surface area contributed by atoms with Crippen LogP contribution in [0.5, 0.6) is 11.5 Å². The van der Waals surface area contributed by atoms with E-state index < -0.39 is 27.8 Å². The highest BCUT2D eigenvalue weighted by atomic mass is 16.6. The molecule has 34 heavy (non-hydrogen) atoms. The van der Waals surface area contributed by atoms with Gasteiger partial charge in [0.1, 0.15) is 17.2 Å². The maximum Gasteiger partial charge on any atom is 0.357 e. The fourth-order valence-corrected chi connectivity index (χ4v) is 3.33. The summed E-state index contributed by atoms with van der Waals surface area (Å²) in [6.45, 7) is 5.58. The molecule has 0 amide bonds. The van der Waals surface area contributed by atoms with Crippen LogP contribution in [0, 0.1) is 10.1 Å². The first-order valence-electron chi connectivity index (χ1n) is 10.9. The fourth-order valence-electron chi connectivity index (χ4n) is 3.33. The van der Waals surface area contributed by atoms with Crippen molar-refractivity contribution in [1.82, 2.24) is 9.13 Å². The van der Waals surface area contributed by atoms with Gasteiger partial charge >= 0.3 is 22.9 Å². The smallest absolute Gasteiger partial charge is 0.357 e. The van der Waals surface area contributed by atoms with Crippen molar-refractivity contribution < 1.29 is 23.9 Å². The number of nitro groups is 1. The Bertz CT molecular complexity index is 1180. The van der Waals surface area contributed by atoms with Gasteiger partial charge in [-0.2, -0.15) is 0 Å². The van der Waals surface area contributed by atoms with E-state index in [4.69, 9.17) is 14.2 Å².